The molecule has 0 aliphatic carbocycles. The van der Waals surface area contributed by atoms with Crippen LogP contribution in [0.2, 0.25) is 0 Å². The van der Waals surface area contributed by atoms with E-state index >= 15 is 0 Å². The Morgan fingerprint density at radius 2 is 1.93 bits per heavy atom. The zero-order chi connectivity index (χ0) is 19.8. The van der Waals surface area contributed by atoms with Crippen LogP contribution < -0.4 is 0 Å². The van der Waals surface area contributed by atoms with Crippen LogP contribution in [0.4, 0.5) is 0 Å². The number of aromatic nitrogens is 4. The van der Waals surface area contributed by atoms with Crippen LogP contribution in [0.25, 0.3) is 22.3 Å². The summed E-state index contributed by atoms with van der Waals surface area (Å²) in [5, 5.41) is 14.0. The second-order valence-corrected chi connectivity index (χ2v) is 8.98. The molecule has 1 amide bonds. The van der Waals surface area contributed by atoms with Crippen LogP contribution in [-0.2, 0) is 0 Å². The molecule has 29 heavy (non-hydrogen) atoms. The van der Waals surface area contributed by atoms with Crippen LogP contribution in [0.1, 0.15) is 34.1 Å². The van der Waals surface area contributed by atoms with E-state index in [4.69, 9.17) is 4.98 Å². The molecule has 1 aliphatic heterocycles. The fraction of sp³-hybridized carbons (Fsp3) is 0.238. The van der Waals surface area contributed by atoms with E-state index in [0.29, 0.717) is 17.0 Å². The summed E-state index contributed by atoms with van der Waals surface area (Å²) >= 11 is 5.24. The minimum Gasteiger partial charge on any atom is -0.339 e. The second-order valence-electron chi connectivity index (χ2n) is 7.17. The lowest BCUT2D eigenvalue weighted by Gasteiger charge is -2.31. The van der Waals surface area contributed by atoms with Crippen LogP contribution in [0.3, 0.4) is 0 Å². The van der Waals surface area contributed by atoms with Gasteiger partial charge in [-0.15, -0.1) is 11.3 Å². The van der Waals surface area contributed by atoms with Gasteiger partial charge in [0, 0.05) is 40.0 Å². The molecule has 0 radical (unpaired) electrons. The van der Waals surface area contributed by atoms with Gasteiger partial charge < -0.3 is 4.90 Å². The number of carbonyl (C=O) groups excluding carboxylic acids is 1. The lowest BCUT2D eigenvalue weighted by atomic mass is 9.97. The molecule has 0 spiro atoms. The fourth-order valence-electron chi connectivity index (χ4n) is 3.74. The highest BCUT2D eigenvalue weighted by atomic mass is 79.9. The third-order valence-corrected chi connectivity index (χ3v) is 6.84. The lowest BCUT2D eigenvalue weighted by molar-refractivity contribution is 0.0713. The topological polar surface area (TPSA) is 74.8 Å². The van der Waals surface area contributed by atoms with Gasteiger partial charge in [0.15, 0.2) is 0 Å². The van der Waals surface area contributed by atoms with Gasteiger partial charge in [0.2, 0.25) is 0 Å². The first-order chi connectivity index (χ1) is 14.2. The van der Waals surface area contributed by atoms with Crippen molar-refractivity contribution in [2.75, 3.05) is 13.1 Å². The molecule has 2 aromatic heterocycles. The van der Waals surface area contributed by atoms with Gasteiger partial charge in [-0.05, 0) is 43.2 Å². The molecule has 1 N–H and O–H groups in total. The Kier molecular flexibility index (Phi) is 4.89. The number of halogens is 1. The molecule has 0 saturated carbocycles. The maximum absolute atomic E-state index is 12.9. The molecule has 146 valence electrons. The third-order valence-electron chi connectivity index (χ3n) is 5.34. The molecule has 0 unspecified atom stereocenters. The number of hydrogen-bond acceptors (Lipinski definition) is 5. The minimum absolute atomic E-state index is 0.0577. The molecule has 4 aromatic rings. The predicted molar refractivity (Wildman–Crippen MR) is 117 cm³/mol. The molecule has 1 fully saturated rings. The summed E-state index contributed by atoms with van der Waals surface area (Å²) in [6, 6.07) is 13.7. The smallest absolute Gasteiger partial charge is 0.253 e. The molecule has 3 heterocycles. The van der Waals surface area contributed by atoms with Gasteiger partial charge in [0.05, 0.1) is 10.7 Å². The number of nitrogens with zero attached hydrogens (tertiary/aromatic N) is 4. The Balaban J connectivity index is 1.26. The molecule has 2 aromatic carbocycles. The molecule has 1 aliphatic rings. The van der Waals surface area contributed by atoms with E-state index in [1.807, 2.05) is 29.2 Å². The summed E-state index contributed by atoms with van der Waals surface area (Å²) in [4.78, 5) is 19.7. The molecule has 6 nitrogen and oxygen atoms in total. The summed E-state index contributed by atoms with van der Waals surface area (Å²) in [6.45, 7) is 1.48. The first-order valence-corrected chi connectivity index (χ1v) is 11.2. The molecule has 0 bridgehead atoms. The highest BCUT2D eigenvalue weighted by molar-refractivity contribution is 9.10. The highest BCUT2D eigenvalue weighted by Gasteiger charge is 2.26. The summed E-state index contributed by atoms with van der Waals surface area (Å²) in [6.07, 6.45) is 1.87. The van der Waals surface area contributed by atoms with Gasteiger partial charge in [-0.2, -0.15) is 15.4 Å². The summed E-state index contributed by atoms with van der Waals surface area (Å²) in [7, 11) is 0. The average molecular weight is 468 g/mol. The van der Waals surface area contributed by atoms with E-state index in [-0.39, 0.29) is 5.91 Å². The van der Waals surface area contributed by atoms with Crippen LogP contribution in [0.5, 0.6) is 0 Å². The highest BCUT2D eigenvalue weighted by Crippen LogP contribution is 2.33. The van der Waals surface area contributed by atoms with Crippen molar-refractivity contribution < 1.29 is 4.79 Å². The SMILES string of the molecule is O=C(c1ccc2n[nH]nc2c1)N1CCC(c2nc(-c3cccc(Br)c3)cs2)CC1. The Morgan fingerprint density at radius 1 is 1.10 bits per heavy atom. The Labute approximate surface area is 180 Å². The third kappa shape index (κ3) is 3.70. The van der Waals surface area contributed by atoms with Gasteiger partial charge in [0.25, 0.3) is 5.91 Å². The quantitative estimate of drug-likeness (QED) is 0.466. The Hall–Kier alpha value is -2.58. The number of thiazole rings is 1. The lowest BCUT2D eigenvalue weighted by Crippen LogP contribution is -2.37. The van der Waals surface area contributed by atoms with Gasteiger partial charge in [-0.3, -0.25) is 4.79 Å². The predicted octanol–water partition coefficient (Wildman–Crippen LogP) is 4.86. The number of likely N-dealkylation sites (tertiary alicyclic amines) is 1. The number of piperidine rings is 1. The van der Waals surface area contributed by atoms with Crippen molar-refractivity contribution in [2.24, 2.45) is 0 Å². The molecule has 1 saturated heterocycles. The van der Waals surface area contributed by atoms with Gasteiger partial charge in [-0.1, -0.05) is 28.1 Å². The molecule has 0 atom stereocenters. The summed E-state index contributed by atoms with van der Waals surface area (Å²) < 4.78 is 1.06. The normalized spacial score (nSPS) is 15.1. The molecular weight excluding hydrogens is 450 g/mol. The van der Waals surface area contributed by atoms with Crippen molar-refractivity contribution in [1.29, 1.82) is 0 Å². The van der Waals surface area contributed by atoms with Gasteiger partial charge >= 0.3 is 0 Å². The van der Waals surface area contributed by atoms with E-state index in [1.54, 1.807) is 17.4 Å². The number of H-pyrrole nitrogens is 1. The average Bonchev–Trinajstić information content (AvgIpc) is 3.42. The number of rotatable bonds is 3. The van der Waals surface area contributed by atoms with Crippen molar-refractivity contribution in [2.45, 2.75) is 18.8 Å². The van der Waals surface area contributed by atoms with E-state index in [1.165, 1.54) is 0 Å². The zero-order valence-electron chi connectivity index (χ0n) is 15.5. The number of fused-ring (bicyclic) bond motifs is 1. The summed E-state index contributed by atoms with van der Waals surface area (Å²) in [5.41, 5.74) is 4.29. The van der Waals surface area contributed by atoms with Crippen molar-refractivity contribution in [3.63, 3.8) is 0 Å². The molecule has 8 heteroatoms. The van der Waals surface area contributed by atoms with Crippen LogP contribution in [-0.4, -0.2) is 44.3 Å². The molecule has 5 rings (SSSR count). The van der Waals surface area contributed by atoms with Crippen LogP contribution in [0, 0.1) is 0 Å². The Bertz CT molecular complexity index is 1180. The first kappa shape index (κ1) is 18.4. The van der Waals surface area contributed by atoms with Crippen LogP contribution in [0.15, 0.2) is 52.3 Å². The first-order valence-electron chi connectivity index (χ1n) is 9.48. The van der Waals surface area contributed by atoms with E-state index < -0.39 is 0 Å². The minimum atomic E-state index is 0.0577. The molecular formula is C21H18BrN5OS. The van der Waals surface area contributed by atoms with E-state index in [9.17, 15) is 4.79 Å². The number of carbonyl (C=O) groups is 1. The van der Waals surface area contributed by atoms with Crippen LogP contribution >= 0.6 is 27.3 Å². The van der Waals surface area contributed by atoms with E-state index in [2.05, 4.69) is 48.9 Å². The van der Waals surface area contributed by atoms with Crippen molar-refractivity contribution in [3.8, 4) is 11.3 Å². The number of aromatic amines is 1. The van der Waals surface area contributed by atoms with Crippen molar-refractivity contribution >= 4 is 44.2 Å². The largest absolute Gasteiger partial charge is 0.339 e. The van der Waals surface area contributed by atoms with Gasteiger partial charge in [-0.25, -0.2) is 4.98 Å². The maximum Gasteiger partial charge on any atom is 0.253 e. The van der Waals surface area contributed by atoms with Crippen molar-refractivity contribution in [3.05, 3.63) is 62.9 Å². The number of amides is 1. The monoisotopic (exact) mass is 467 g/mol. The fourth-order valence-corrected chi connectivity index (χ4v) is 5.14. The maximum atomic E-state index is 12.9. The summed E-state index contributed by atoms with van der Waals surface area (Å²) in [5.74, 6) is 0.463. The van der Waals surface area contributed by atoms with Gasteiger partial charge in [0.1, 0.15) is 11.0 Å². The number of nitrogens with one attached hydrogen (secondary N) is 1. The zero-order valence-corrected chi connectivity index (χ0v) is 17.9. The van der Waals surface area contributed by atoms with E-state index in [0.717, 1.165) is 52.2 Å². The Morgan fingerprint density at radius 3 is 2.76 bits per heavy atom. The number of hydrogen-bond donors (Lipinski definition) is 1. The standard InChI is InChI=1S/C21H18BrN5OS/c22-16-3-1-2-14(10-16)19-12-29-20(23-19)13-6-8-27(9-7-13)21(28)15-4-5-17-18(11-15)25-26-24-17/h1-5,10-13H,6-9H2,(H,24,25,26). The van der Waals surface area contributed by atoms with Crippen molar-refractivity contribution in [1.82, 2.24) is 25.3 Å². The number of benzene rings is 2. The second kappa shape index (κ2) is 7.68.